The van der Waals surface area contributed by atoms with Crippen molar-refractivity contribution < 1.29 is 23.2 Å². The number of sulfonamides is 1. The lowest BCUT2D eigenvalue weighted by atomic mass is 10.2. The minimum atomic E-state index is -3.73. The number of thioether (sulfide) groups is 1. The standard InChI is InChI=1S/C16H16N2O6S2/c19-16(20)11-12-1-5-14(6-2-12)25-10-9-17-26(23,24)15-7-3-13(4-8-15)18(21)22/h1-8,17H,9-11H2,(H,19,20). The number of nitro groups is 1. The van der Waals surface area contributed by atoms with E-state index in [0.717, 1.165) is 17.0 Å². The van der Waals surface area contributed by atoms with Gasteiger partial charge in [-0.25, -0.2) is 13.1 Å². The summed E-state index contributed by atoms with van der Waals surface area (Å²) in [6, 6.07) is 11.7. The van der Waals surface area contributed by atoms with E-state index in [2.05, 4.69) is 4.72 Å². The molecular formula is C16H16N2O6S2. The Morgan fingerprint density at radius 1 is 1.12 bits per heavy atom. The van der Waals surface area contributed by atoms with Crippen molar-refractivity contribution in [1.29, 1.82) is 0 Å². The molecule has 2 aromatic rings. The smallest absolute Gasteiger partial charge is 0.307 e. The van der Waals surface area contributed by atoms with E-state index < -0.39 is 20.9 Å². The van der Waals surface area contributed by atoms with Gasteiger partial charge in [0, 0.05) is 29.3 Å². The number of carbonyl (C=O) groups is 1. The van der Waals surface area contributed by atoms with Gasteiger partial charge in [-0.3, -0.25) is 14.9 Å². The maximum atomic E-state index is 12.1. The van der Waals surface area contributed by atoms with Crippen molar-refractivity contribution in [3.05, 3.63) is 64.2 Å². The Morgan fingerprint density at radius 3 is 2.27 bits per heavy atom. The van der Waals surface area contributed by atoms with Crippen LogP contribution in [0.3, 0.4) is 0 Å². The van der Waals surface area contributed by atoms with E-state index in [1.807, 2.05) is 0 Å². The summed E-state index contributed by atoms with van der Waals surface area (Å²) >= 11 is 1.43. The van der Waals surface area contributed by atoms with E-state index in [4.69, 9.17) is 5.11 Å². The molecule has 0 aromatic heterocycles. The zero-order valence-electron chi connectivity index (χ0n) is 13.5. The fourth-order valence-electron chi connectivity index (χ4n) is 2.05. The van der Waals surface area contributed by atoms with E-state index in [1.165, 1.54) is 23.9 Å². The molecule has 2 aromatic carbocycles. The number of hydrogen-bond donors (Lipinski definition) is 2. The second-order valence-electron chi connectivity index (χ2n) is 5.21. The summed E-state index contributed by atoms with van der Waals surface area (Å²) in [7, 11) is -3.73. The zero-order chi connectivity index (χ0) is 19.2. The van der Waals surface area contributed by atoms with Crippen LogP contribution in [0.2, 0.25) is 0 Å². The lowest BCUT2D eigenvalue weighted by molar-refractivity contribution is -0.384. The van der Waals surface area contributed by atoms with Gasteiger partial charge in [0.25, 0.3) is 5.69 Å². The number of aliphatic carboxylic acids is 1. The third-order valence-electron chi connectivity index (χ3n) is 3.30. The van der Waals surface area contributed by atoms with Crippen molar-refractivity contribution in [3.63, 3.8) is 0 Å². The van der Waals surface area contributed by atoms with Crippen molar-refractivity contribution in [1.82, 2.24) is 4.72 Å². The SMILES string of the molecule is O=C(O)Cc1ccc(SCCNS(=O)(=O)c2ccc([N+](=O)[O-])cc2)cc1. The van der Waals surface area contributed by atoms with Crippen LogP contribution in [-0.2, 0) is 21.2 Å². The first-order valence-electron chi connectivity index (χ1n) is 7.45. The first kappa shape index (κ1) is 19.9. The van der Waals surface area contributed by atoms with Gasteiger partial charge in [0.15, 0.2) is 0 Å². The molecule has 0 spiro atoms. The van der Waals surface area contributed by atoms with E-state index in [-0.39, 0.29) is 23.5 Å². The van der Waals surface area contributed by atoms with Gasteiger partial charge in [0.05, 0.1) is 16.2 Å². The van der Waals surface area contributed by atoms with Crippen LogP contribution in [0.15, 0.2) is 58.3 Å². The molecule has 2 rings (SSSR count). The van der Waals surface area contributed by atoms with Crippen molar-refractivity contribution in [2.45, 2.75) is 16.2 Å². The molecule has 0 saturated heterocycles. The third-order valence-corrected chi connectivity index (χ3v) is 5.79. The first-order valence-corrected chi connectivity index (χ1v) is 9.92. The van der Waals surface area contributed by atoms with Crippen LogP contribution in [0, 0.1) is 10.1 Å². The molecule has 0 aliphatic rings. The van der Waals surface area contributed by atoms with Crippen LogP contribution in [0.1, 0.15) is 5.56 Å². The average molecular weight is 396 g/mol. The van der Waals surface area contributed by atoms with Crippen LogP contribution in [-0.4, -0.2) is 36.7 Å². The van der Waals surface area contributed by atoms with E-state index >= 15 is 0 Å². The number of carboxylic acid groups (broad SMARTS) is 1. The monoisotopic (exact) mass is 396 g/mol. The molecule has 0 saturated carbocycles. The summed E-state index contributed by atoms with van der Waals surface area (Å²) in [4.78, 5) is 21.5. The minimum absolute atomic E-state index is 0.0360. The van der Waals surface area contributed by atoms with E-state index in [9.17, 15) is 23.3 Å². The molecule has 0 radical (unpaired) electrons. The maximum absolute atomic E-state index is 12.1. The summed E-state index contributed by atoms with van der Waals surface area (Å²) in [5.74, 6) is -0.420. The molecule has 26 heavy (non-hydrogen) atoms. The van der Waals surface area contributed by atoms with Gasteiger partial charge in [-0.2, -0.15) is 0 Å². The highest BCUT2D eigenvalue weighted by molar-refractivity contribution is 7.99. The molecule has 8 nitrogen and oxygen atoms in total. The fourth-order valence-corrected chi connectivity index (χ4v) is 3.98. The number of non-ortho nitro benzene ring substituents is 1. The topological polar surface area (TPSA) is 127 Å². The van der Waals surface area contributed by atoms with E-state index in [0.29, 0.717) is 11.3 Å². The molecule has 0 amide bonds. The summed E-state index contributed by atoms with van der Waals surface area (Å²) < 4.78 is 26.7. The van der Waals surface area contributed by atoms with Gasteiger partial charge in [-0.05, 0) is 29.8 Å². The molecule has 0 fully saturated rings. The van der Waals surface area contributed by atoms with Gasteiger partial charge >= 0.3 is 5.97 Å². The summed E-state index contributed by atoms with van der Waals surface area (Å²) in [6.45, 7) is 0.181. The van der Waals surface area contributed by atoms with E-state index in [1.54, 1.807) is 24.3 Å². The summed E-state index contributed by atoms with van der Waals surface area (Å²) in [5, 5.41) is 19.3. The Bertz CT molecular complexity index is 880. The van der Waals surface area contributed by atoms with Crippen molar-refractivity contribution in [2.75, 3.05) is 12.3 Å². The van der Waals surface area contributed by atoms with Crippen molar-refractivity contribution in [2.24, 2.45) is 0 Å². The highest BCUT2D eigenvalue weighted by atomic mass is 32.2. The lowest BCUT2D eigenvalue weighted by Crippen LogP contribution is -2.26. The van der Waals surface area contributed by atoms with Crippen LogP contribution in [0.5, 0.6) is 0 Å². The van der Waals surface area contributed by atoms with Crippen LogP contribution >= 0.6 is 11.8 Å². The van der Waals surface area contributed by atoms with Gasteiger partial charge in [0.1, 0.15) is 0 Å². The molecule has 10 heteroatoms. The molecule has 138 valence electrons. The number of nitrogens with one attached hydrogen (secondary N) is 1. The normalized spacial score (nSPS) is 11.2. The number of carboxylic acids is 1. The zero-order valence-corrected chi connectivity index (χ0v) is 15.1. The second kappa shape index (κ2) is 8.79. The van der Waals surface area contributed by atoms with Crippen LogP contribution < -0.4 is 4.72 Å². The molecule has 0 atom stereocenters. The lowest BCUT2D eigenvalue weighted by Gasteiger charge is -2.07. The maximum Gasteiger partial charge on any atom is 0.307 e. The molecule has 0 heterocycles. The Labute approximate surface area is 154 Å². The summed E-state index contributed by atoms with van der Waals surface area (Å²) in [5.41, 5.74) is 0.520. The summed E-state index contributed by atoms with van der Waals surface area (Å²) in [6.07, 6.45) is -0.0417. The Morgan fingerprint density at radius 2 is 1.73 bits per heavy atom. The van der Waals surface area contributed by atoms with Crippen LogP contribution in [0.25, 0.3) is 0 Å². The second-order valence-corrected chi connectivity index (χ2v) is 8.15. The first-order chi connectivity index (χ1) is 12.3. The van der Waals surface area contributed by atoms with Crippen LogP contribution in [0.4, 0.5) is 5.69 Å². The Balaban J connectivity index is 1.84. The molecule has 2 N–H and O–H groups in total. The van der Waals surface area contributed by atoms with Gasteiger partial charge in [-0.15, -0.1) is 11.8 Å². The average Bonchev–Trinajstić information content (AvgIpc) is 2.60. The molecule has 0 aliphatic carbocycles. The molecule has 0 bridgehead atoms. The Kier molecular flexibility index (Phi) is 6.72. The Hall–Kier alpha value is -2.43. The quantitative estimate of drug-likeness (QED) is 0.288. The molecule has 0 unspecified atom stereocenters. The highest BCUT2D eigenvalue weighted by Crippen LogP contribution is 2.19. The third kappa shape index (κ3) is 5.83. The number of benzene rings is 2. The number of nitrogens with zero attached hydrogens (tertiary/aromatic N) is 1. The van der Waals surface area contributed by atoms with Crippen molar-refractivity contribution >= 4 is 33.4 Å². The predicted molar refractivity (Wildman–Crippen MR) is 96.8 cm³/mol. The van der Waals surface area contributed by atoms with Crippen molar-refractivity contribution in [3.8, 4) is 0 Å². The highest BCUT2D eigenvalue weighted by Gasteiger charge is 2.15. The van der Waals surface area contributed by atoms with Gasteiger partial charge < -0.3 is 5.11 Å². The molecule has 0 aliphatic heterocycles. The minimum Gasteiger partial charge on any atom is -0.481 e. The van der Waals surface area contributed by atoms with Gasteiger partial charge in [0.2, 0.25) is 10.0 Å². The fraction of sp³-hybridized carbons (Fsp3) is 0.188. The number of nitro benzene ring substituents is 1. The number of rotatable bonds is 9. The van der Waals surface area contributed by atoms with Gasteiger partial charge in [-0.1, -0.05) is 12.1 Å². The molecular weight excluding hydrogens is 380 g/mol. The predicted octanol–water partition coefficient (Wildman–Crippen LogP) is 2.29. The number of hydrogen-bond acceptors (Lipinski definition) is 6. The largest absolute Gasteiger partial charge is 0.481 e.